The highest BCUT2D eigenvalue weighted by atomic mass is 35.5. The van der Waals surface area contributed by atoms with Gasteiger partial charge in [-0.1, -0.05) is 30.9 Å². The Kier molecular flexibility index (Phi) is 4.83. The first-order chi connectivity index (χ1) is 12.3. The first-order valence-electron chi connectivity index (χ1n) is 8.94. The number of aromatic amines is 1. The zero-order valence-electron chi connectivity index (χ0n) is 14.1. The molecule has 1 aliphatic rings. The standard InChI is InChI=1S/C19H22ClN5/c20-16-7-17-15(11-21-18(17)22-12-16)6-14-9-24-19(25-10-14)23-8-13-4-2-1-3-5-13/h7,9-13H,1-6,8H2,(H,21,22)(H,23,24,25). The molecule has 130 valence electrons. The third kappa shape index (κ3) is 3.93. The van der Waals surface area contributed by atoms with Gasteiger partial charge >= 0.3 is 0 Å². The molecule has 0 amide bonds. The van der Waals surface area contributed by atoms with Crippen molar-refractivity contribution in [2.45, 2.75) is 38.5 Å². The van der Waals surface area contributed by atoms with Crippen molar-refractivity contribution in [2.75, 3.05) is 11.9 Å². The van der Waals surface area contributed by atoms with Gasteiger partial charge in [-0.15, -0.1) is 0 Å². The fraction of sp³-hybridized carbons (Fsp3) is 0.421. The van der Waals surface area contributed by atoms with E-state index in [1.165, 1.54) is 32.1 Å². The summed E-state index contributed by atoms with van der Waals surface area (Å²) in [6, 6.07) is 1.94. The number of anilines is 1. The predicted molar refractivity (Wildman–Crippen MR) is 101 cm³/mol. The normalized spacial score (nSPS) is 15.6. The molecule has 0 bridgehead atoms. The molecule has 4 rings (SSSR count). The minimum absolute atomic E-state index is 0.645. The highest BCUT2D eigenvalue weighted by Crippen LogP contribution is 2.24. The maximum absolute atomic E-state index is 6.06. The molecule has 0 aliphatic heterocycles. The van der Waals surface area contributed by atoms with Crippen LogP contribution in [0.3, 0.4) is 0 Å². The lowest BCUT2D eigenvalue weighted by molar-refractivity contribution is 0.373. The van der Waals surface area contributed by atoms with Crippen molar-refractivity contribution < 1.29 is 0 Å². The third-order valence-corrected chi connectivity index (χ3v) is 5.16. The van der Waals surface area contributed by atoms with Crippen molar-refractivity contribution in [3.63, 3.8) is 0 Å². The average molecular weight is 356 g/mol. The summed E-state index contributed by atoms with van der Waals surface area (Å²) in [4.78, 5) is 16.4. The molecule has 0 aromatic carbocycles. The first kappa shape index (κ1) is 16.3. The van der Waals surface area contributed by atoms with Gasteiger partial charge in [0.2, 0.25) is 5.95 Å². The van der Waals surface area contributed by atoms with Crippen LogP contribution in [-0.4, -0.2) is 26.5 Å². The Hall–Kier alpha value is -2.14. The minimum atomic E-state index is 0.645. The molecule has 0 atom stereocenters. The van der Waals surface area contributed by atoms with Crippen molar-refractivity contribution in [2.24, 2.45) is 5.92 Å². The number of fused-ring (bicyclic) bond motifs is 1. The molecule has 3 heterocycles. The van der Waals surface area contributed by atoms with Gasteiger partial charge in [0.25, 0.3) is 0 Å². The van der Waals surface area contributed by atoms with Crippen molar-refractivity contribution in [3.05, 3.63) is 47.0 Å². The fourth-order valence-corrected chi connectivity index (χ4v) is 3.72. The number of nitrogens with zero attached hydrogens (tertiary/aromatic N) is 3. The number of hydrogen-bond acceptors (Lipinski definition) is 4. The van der Waals surface area contributed by atoms with Gasteiger partial charge in [-0.25, -0.2) is 15.0 Å². The second-order valence-electron chi connectivity index (χ2n) is 6.84. The zero-order chi connectivity index (χ0) is 17.1. The maximum Gasteiger partial charge on any atom is 0.222 e. The van der Waals surface area contributed by atoms with Crippen LogP contribution >= 0.6 is 11.6 Å². The predicted octanol–water partition coefficient (Wildman–Crippen LogP) is 4.59. The van der Waals surface area contributed by atoms with Crippen LogP contribution in [0.25, 0.3) is 11.0 Å². The minimum Gasteiger partial charge on any atom is -0.354 e. The van der Waals surface area contributed by atoms with Gasteiger partial charge < -0.3 is 10.3 Å². The number of aromatic nitrogens is 4. The zero-order valence-corrected chi connectivity index (χ0v) is 14.9. The van der Waals surface area contributed by atoms with Crippen LogP contribution < -0.4 is 5.32 Å². The van der Waals surface area contributed by atoms with Crippen LogP contribution in [0.4, 0.5) is 5.95 Å². The fourth-order valence-electron chi connectivity index (χ4n) is 3.56. The number of nitrogens with one attached hydrogen (secondary N) is 2. The molecule has 0 spiro atoms. The molecule has 0 saturated heterocycles. The van der Waals surface area contributed by atoms with Gasteiger partial charge in [0.05, 0.1) is 5.02 Å². The smallest absolute Gasteiger partial charge is 0.222 e. The van der Waals surface area contributed by atoms with E-state index in [1.54, 1.807) is 6.20 Å². The topological polar surface area (TPSA) is 66.5 Å². The summed E-state index contributed by atoms with van der Waals surface area (Å²) in [7, 11) is 0. The molecule has 25 heavy (non-hydrogen) atoms. The van der Waals surface area contributed by atoms with E-state index >= 15 is 0 Å². The quantitative estimate of drug-likeness (QED) is 0.702. The lowest BCUT2D eigenvalue weighted by Gasteiger charge is -2.21. The molecule has 3 aromatic rings. The van der Waals surface area contributed by atoms with E-state index in [9.17, 15) is 0 Å². The molecule has 0 radical (unpaired) electrons. The Morgan fingerprint density at radius 3 is 2.68 bits per heavy atom. The molecule has 1 saturated carbocycles. The van der Waals surface area contributed by atoms with Crippen LogP contribution in [0.1, 0.15) is 43.2 Å². The summed E-state index contributed by atoms with van der Waals surface area (Å²) in [5.74, 6) is 1.48. The van der Waals surface area contributed by atoms with Crippen LogP contribution in [0.15, 0.2) is 30.9 Å². The van der Waals surface area contributed by atoms with Crippen LogP contribution in [-0.2, 0) is 6.42 Å². The lowest BCUT2D eigenvalue weighted by atomic mass is 9.89. The largest absolute Gasteiger partial charge is 0.354 e. The summed E-state index contributed by atoms with van der Waals surface area (Å²) in [6.45, 7) is 0.978. The number of pyridine rings is 1. The Morgan fingerprint density at radius 1 is 1.08 bits per heavy atom. The Balaban J connectivity index is 1.40. The van der Waals surface area contributed by atoms with Crippen LogP contribution in [0.5, 0.6) is 0 Å². The van der Waals surface area contributed by atoms with Crippen LogP contribution in [0, 0.1) is 5.92 Å². The van der Waals surface area contributed by atoms with E-state index in [1.807, 2.05) is 24.7 Å². The Morgan fingerprint density at radius 2 is 1.88 bits per heavy atom. The molecular formula is C19H22ClN5. The first-order valence-corrected chi connectivity index (χ1v) is 9.32. The van der Waals surface area contributed by atoms with Gasteiger partial charge in [-0.05, 0) is 36.0 Å². The van der Waals surface area contributed by atoms with Crippen molar-refractivity contribution >= 4 is 28.6 Å². The van der Waals surface area contributed by atoms with Crippen molar-refractivity contribution in [3.8, 4) is 0 Å². The Labute approximate surface area is 152 Å². The van der Waals surface area contributed by atoms with E-state index in [0.29, 0.717) is 5.02 Å². The van der Waals surface area contributed by atoms with Gasteiger partial charge in [0.1, 0.15) is 5.65 Å². The molecule has 6 heteroatoms. The van der Waals surface area contributed by atoms with E-state index in [4.69, 9.17) is 11.6 Å². The number of hydrogen-bond donors (Lipinski definition) is 2. The Bertz CT molecular complexity index is 837. The second-order valence-corrected chi connectivity index (χ2v) is 7.28. The molecule has 2 N–H and O–H groups in total. The van der Waals surface area contributed by atoms with Crippen LogP contribution in [0.2, 0.25) is 5.02 Å². The van der Waals surface area contributed by atoms with E-state index in [-0.39, 0.29) is 0 Å². The average Bonchev–Trinajstić information content (AvgIpc) is 3.04. The molecule has 1 aliphatic carbocycles. The molecule has 1 fully saturated rings. The lowest BCUT2D eigenvalue weighted by Crippen LogP contribution is -2.18. The second kappa shape index (κ2) is 7.40. The highest BCUT2D eigenvalue weighted by molar-refractivity contribution is 6.31. The number of halogens is 1. The third-order valence-electron chi connectivity index (χ3n) is 4.96. The molecule has 5 nitrogen and oxygen atoms in total. The maximum atomic E-state index is 6.06. The van der Waals surface area contributed by atoms with Crippen molar-refractivity contribution in [1.29, 1.82) is 0 Å². The van der Waals surface area contributed by atoms with Crippen molar-refractivity contribution in [1.82, 2.24) is 19.9 Å². The number of H-pyrrole nitrogens is 1. The molecular weight excluding hydrogens is 334 g/mol. The summed E-state index contributed by atoms with van der Waals surface area (Å²) in [6.07, 6.45) is 14.9. The monoisotopic (exact) mass is 355 g/mol. The van der Waals surface area contributed by atoms with E-state index < -0.39 is 0 Å². The number of rotatable bonds is 5. The van der Waals surface area contributed by atoms with E-state index in [0.717, 1.165) is 47.0 Å². The molecule has 0 unspecified atom stereocenters. The van der Waals surface area contributed by atoms with Gasteiger partial charge in [-0.3, -0.25) is 0 Å². The van der Waals surface area contributed by atoms with Gasteiger partial charge in [0.15, 0.2) is 0 Å². The highest BCUT2D eigenvalue weighted by Gasteiger charge is 2.13. The summed E-state index contributed by atoms with van der Waals surface area (Å²) in [5, 5.41) is 5.08. The van der Waals surface area contributed by atoms with E-state index in [2.05, 4.69) is 25.3 Å². The molecule has 3 aromatic heterocycles. The summed E-state index contributed by atoms with van der Waals surface area (Å²) < 4.78 is 0. The van der Waals surface area contributed by atoms with Gasteiger partial charge in [0, 0.05) is 43.1 Å². The summed E-state index contributed by atoms with van der Waals surface area (Å²) >= 11 is 6.06. The summed E-state index contributed by atoms with van der Waals surface area (Å²) in [5.41, 5.74) is 3.08. The van der Waals surface area contributed by atoms with Gasteiger partial charge in [-0.2, -0.15) is 0 Å². The SMILES string of the molecule is Clc1cnc2[nH]cc(Cc3cnc(NCC4CCCCC4)nc3)c2c1.